The van der Waals surface area contributed by atoms with E-state index >= 15 is 0 Å². The summed E-state index contributed by atoms with van der Waals surface area (Å²) >= 11 is 0. The molecule has 1 aromatic carbocycles. The third-order valence-electron chi connectivity index (χ3n) is 1.24. The Morgan fingerprint density at radius 2 is 2.00 bits per heavy atom. The standard InChI is InChI=1S/C8H9NO3.ClH/c10-8(11)9-12-6-7-4-2-1-3-5-7;/h1-5,9H,6H2,(H,10,11);1H. The van der Waals surface area contributed by atoms with Gasteiger partial charge in [0.25, 0.3) is 0 Å². The topological polar surface area (TPSA) is 58.6 Å². The van der Waals surface area contributed by atoms with Crippen molar-refractivity contribution in [2.75, 3.05) is 0 Å². The van der Waals surface area contributed by atoms with Crippen molar-refractivity contribution in [3.05, 3.63) is 35.9 Å². The van der Waals surface area contributed by atoms with Crippen LogP contribution in [-0.2, 0) is 11.4 Å². The highest BCUT2D eigenvalue weighted by Crippen LogP contribution is 1.98. The number of carbonyl (C=O) groups is 1. The second kappa shape index (κ2) is 6.28. The average molecular weight is 204 g/mol. The number of rotatable bonds is 3. The number of halogens is 1. The Labute approximate surface area is 81.9 Å². The predicted octanol–water partition coefficient (Wildman–Crippen LogP) is 1.81. The van der Waals surface area contributed by atoms with Crippen LogP contribution in [0.1, 0.15) is 5.56 Å². The minimum absolute atomic E-state index is 0. The molecule has 0 unspecified atom stereocenters. The molecule has 72 valence electrons. The molecule has 0 saturated carbocycles. The fourth-order valence-electron chi connectivity index (χ4n) is 0.755. The lowest BCUT2D eigenvalue weighted by atomic mass is 10.2. The molecule has 0 heterocycles. The van der Waals surface area contributed by atoms with Crippen molar-refractivity contribution in [1.82, 2.24) is 5.48 Å². The van der Waals surface area contributed by atoms with E-state index in [1.807, 2.05) is 35.8 Å². The van der Waals surface area contributed by atoms with Gasteiger partial charge < -0.3 is 5.11 Å². The van der Waals surface area contributed by atoms with Gasteiger partial charge in [-0.1, -0.05) is 30.3 Å². The van der Waals surface area contributed by atoms with E-state index in [2.05, 4.69) is 4.84 Å². The molecule has 0 aromatic heterocycles. The van der Waals surface area contributed by atoms with E-state index in [1.54, 1.807) is 0 Å². The van der Waals surface area contributed by atoms with Crippen LogP contribution in [0.5, 0.6) is 0 Å². The molecule has 1 aromatic rings. The molecule has 0 aliphatic heterocycles. The Balaban J connectivity index is 0.00000144. The Hall–Kier alpha value is -1.26. The number of hydroxylamine groups is 1. The Bertz CT molecular complexity index is 253. The summed E-state index contributed by atoms with van der Waals surface area (Å²) in [5, 5.41) is 8.16. The van der Waals surface area contributed by atoms with Crippen molar-refractivity contribution < 1.29 is 14.7 Å². The van der Waals surface area contributed by atoms with Crippen molar-refractivity contribution in [3.8, 4) is 0 Å². The van der Waals surface area contributed by atoms with Crippen LogP contribution in [0.2, 0.25) is 0 Å². The monoisotopic (exact) mass is 203 g/mol. The van der Waals surface area contributed by atoms with Crippen molar-refractivity contribution in [3.63, 3.8) is 0 Å². The van der Waals surface area contributed by atoms with Crippen LogP contribution in [0.4, 0.5) is 4.79 Å². The summed E-state index contributed by atoms with van der Waals surface area (Å²) in [6.07, 6.45) is -1.19. The Kier molecular flexibility index (Phi) is 5.67. The molecule has 0 aliphatic rings. The van der Waals surface area contributed by atoms with Gasteiger partial charge in [-0.25, -0.2) is 4.79 Å². The number of carboxylic acid groups (broad SMARTS) is 1. The van der Waals surface area contributed by atoms with Gasteiger partial charge in [0.2, 0.25) is 0 Å². The number of hydrogen-bond acceptors (Lipinski definition) is 2. The maximum atomic E-state index is 9.95. The number of hydrogen-bond donors (Lipinski definition) is 2. The van der Waals surface area contributed by atoms with Crippen LogP contribution in [0.25, 0.3) is 0 Å². The van der Waals surface area contributed by atoms with Crippen LogP contribution in [-0.4, -0.2) is 11.2 Å². The minimum atomic E-state index is -1.19. The van der Waals surface area contributed by atoms with Gasteiger partial charge >= 0.3 is 6.09 Å². The third-order valence-corrected chi connectivity index (χ3v) is 1.24. The van der Waals surface area contributed by atoms with Gasteiger partial charge in [0, 0.05) is 0 Å². The molecule has 0 atom stereocenters. The zero-order valence-corrected chi connectivity index (χ0v) is 7.58. The van der Waals surface area contributed by atoms with Crippen LogP contribution in [0, 0.1) is 0 Å². The molecular weight excluding hydrogens is 194 g/mol. The van der Waals surface area contributed by atoms with Gasteiger partial charge in [-0.2, -0.15) is 5.48 Å². The summed E-state index contributed by atoms with van der Waals surface area (Å²) in [5.41, 5.74) is 2.73. The summed E-state index contributed by atoms with van der Waals surface area (Å²) in [6, 6.07) is 9.31. The second-order valence-corrected chi connectivity index (χ2v) is 2.18. The van der Waals surface area contributed by atoms with Crippen molar-refractivity contribution in [2.24, 2.45) is 0 Å². The van der Waals surface area contributed by atoms with Gasteiger partial charge in [-0.3, -0.25) is 4.84 Å². The van der Waals surface area contributed by atoms with E-state index in [-0.39, 0.29) is 19.0 Å². The van der Waals surface area contributed by atoms with E-state index in [0.29, 0.717) is 0 Å². The lowest BCUT2D eigenvalue weighted by molar-refractivity contribution is 0.0315. The first-order valence-electron chi connectivity index (χ1n) is 3.43. The summed E-state index contributed by atoms with van der Waals surface area (Å²) in [6.45, 7) is 0.243. The average Bonchev–Trinajstić information content (AvgIpc) is 2.05. The third kappa shape index (κ3) is 5.05. The smallest absolute Gasteiger partial charge is 0.428 e. The normalized spacial score (nSPS) is 8.62. The molecule has 0 saturated heterocycles. The molecule has 0 bridgehead atoms. The first-order chi connectivity index (χ1) is 5.79. The van der Waals surface area contributed by atoms with Crippen molar-refractivity contribution in [2.45, 2.75) is 6.61 Å². The SMILES string of the molecule is Cl.O=C(O)NOCc1ccccc1. The number of nitrogens with one attached hydrogen (secondary N) is 1. The Morgan fingerprint density at radius 3 is 2.54 bits per heavy atom. The van der Waals surface area contributed by atoms with Crippen molar-refractivity contribution in [1.29, 1.82) is 0 Å². The van der Waals surface area contributed by atoms with Gasteiger partial charge in [-0.05, 0) is 5.56 Å². The number of amides is 1. The summed E-state index contributed by atoms with van der Waals surface area (Å²) in [7, 11) is 0. The largest absolute Gasteiger partial charge is 0.464 e. The molecular formula is C8H10ClNO3. The van der Waals surface area contributed by atoms with E-state index in [9.17, 15) is 4.79 Å². The highest BCUT2D eigenvalue weighted by Gasteiger charge is 1.94. The van der Waals surface area contributed by atoms with Gasteiger partial charge in [0.1, 0.15) is 0 Å². The van der Waals surface area contributed by atoms with Crippen LogP contribution in [0.3, 0.4) is 0 Å². The van der Waals surface area contributed by atoms with Crippen LogP contribution >= 0.6 is 12.4 Å². The fraction of sp³-hybridized carbons (Fsp3) is 0.125. The molecule has 5 heteroatoms. The molecule has 0 spiro atoms. The molecule has 4 nitrogen and oxygen atoms in total. The summed E-state index contributed by atoms with van der Waals surface area (Å²) in [5.74, 6) is 0. The molecule has 2 N–H and O–H groups in total. The summed E-state index contributed by atoms with van der Waals surface area (Å²) in [4.78, 5) is 14.6. The second-order valence-electron chi connectivity index (χ2n) is 2.18. The zero-order chi connectivity index (χ0) is 8.81. The first-order valence-corrected chi connectivity index (χ1v) is 3.43. The lowest BCUT2D eigenvalue weighted by Gasteiger charge is -2.01. The van der Waals surface area contributed by atoms with E-state index in [0.717, 1.165) is 5.56 Å². The molecule has 0 aliphatic carbocycles. The van der Waals surface area contributed by atoms with Gasteiger partial charge in [0.05, 0.1) is 6.61 Å². The minimum Gasteiger partial charge on any atom is -0.464 e. The van der Waals surface area contributed by atoms with E-state index < -0.39 is 6.09 Å². The maximum Gasteiger partial charge on any atom is 0.428 e. The highest BCUT2D eigenvalue weighted by atomic mass is 35.5. The summed E-state index contributed by atoms with van der Waals surface area (Å²) < 4.78 is 0. The van der Waals surface area contributed by atoms with Crippen molar-refractivity contribution >= 4 is 18.5 Å². The van der Waals surface area contributed by atoms with E-state index in [4.69, 9.17) is 5.11 Å². The molecule has 1 amide bonds. The van der Waals surface area contributed by atoms with Crippen LogP contribution in [0.15, 0.2) is 30.3 Å². The quantitative estimate of drug-likeness (QED) is 0.737. The highest BCUT2D eigenvalue weighted by molar-refractivity contribution is 5.85. The molecule has 0 radical (unpaired) electrons. The lowest BCUT2D eigenvalue weighted by Crippen LogP contribution is -2.20. The molecule has 13 heavy (non-hydrogen) atoms. The van der Waals surface area contributed by atoms with Crippen LogP contribution < -0.4 is 5.48 Å². The molecule has 0 fully saturated rings. The first kappa shape index (κ1) is 11.7. The maximum absolute atomic E-state index is 9.95. The Morgan fingerprint density at radius 1 is 1.38 bits per heavy atom. The van der Waals surface area contributed by atoms with E-state index in [1.165, 1.54) is 0 Å². The van der Waals surface area contributed by atoms with Gasteiger partial charge in [-0.15, -0.1) is 12.4 Å². The fourth-order valence-corrected chi connectivity index (χ4v) is 0.755. The predicted molar refractivity (Wildman–Crippen MR) is 49.6 cm³/mol. The van der Waals surface area contributed by atoms with Gasteiger partial charge in [0.15, 0.2) is 0 Å². The molecule has 1 rings (SSSR count). The number of benzene rings is 1. The zero-order valence-electron chi connectivity index (χ0n) is 6.77.